The van der Waals surface area contributed by atoms with Gasteiger partial charge >= 0.3 is 0 Å². The average Bonchev–Trinajstić information content (AvgIpc) is 3.43. The number of H-pyrrole nitrogens is 1. The van der Waals surface area contributed by atoms with Gasteiger partial charge in [-0.3, -0.25) is 9.69 Å². The number of carbonyl (C=O) groups excluding carboxylic acids is 1. The Kier molecular flexibility index (Phi) is 5.97. The number of amides is 1. The summed E-state index contributed by atoms with van der Waals surface area (Å²) in [6, 6.07) is 13.5. The Balaban J connectivity index is 1.43. The van der Waals surface area contributed by atoms with Crippen molar-refractivity contribution in [2.24, 2.45) is 0 Å². The Morgan fingerprint density at radius 2 is 1.97 bits per heavy atom. The number of aromatic amines is 1. The van der Waals surface area contributed by atoms with Crippen LogP contribution in [-0.2, 0) is 4.79 Å². The Bertz CT molecular complexity index is 1290. The van der Waals surface area contributed by atoms with Gasteiger partial charge in [0.15, 0.2) is 0 Å². The number of aromatic nitrogens is 2. The number of carbonyl (C=O) groups is 1. The fraction of sp³-hybridized carbons (Fsp3) is 0.407. The lowest BCUT2D eigenvalue weighted by atomic mass is 9.87. The van der Waals surface area contributed by atoms with E-state index in [0.29, 0.717) is 18.4 Å². The zero-order valence-corrected chi connectivity index (χ0v) is 20.7. The van der Waals surface area contributed by atoms with Crippen LogP contribution in [0.2, 0.25) is 0 Å². The molecule has 6 heteroatoms. The van der Waals surface area contributed by atoms with Gasteiger partial charge in [0.05, 0.1) is 28.0 Å². The first-order valence-corrected chi connectivity index (χ1v) is 12.7. The van der Waals surface area contributed by atoms with E-state index in [4.69, 9.17) is 0 Å². The molecule has 1 fully saturated rings. The monoisotopic (exact) mass is 460 g/mol. The van der Waals surface area contributed by atoms with Crippen molar-refractivity contribution in [1.82, 2.24) is 19.8 Å². The van der Waals surface area contributed by atoms with E-state index >= 15 is 0 Å². The maximum absolute atomic E-state index is 12.1. The lowest BCUT2D eigenvalue weighted by Crippen LogP contribution is -2.40. The van der Waals surface area contributed by atoms with Crippen molar-refractivity contribution in [1.29, 1.82) is 0 Å². The summed E-state index contributed by atoms with van der Waals surface area (Å²) in [6.45, 7) is 7.05. The molecule has 0 spiro atoms. The zero-order valence-electron chi connectivity index (χ0n) is 19.9. The van der Waals surface area contributed by atoms with Crippen molar-refractivity contribution < 1.29 is 4.79 Å². The van der Waals surface area contributed by atoms with Gasteiger partial charge in [0.25, 0.3) is 0 Å². The third-order valence-electron chi connectivity index (χ3n) is 6.98. The van der Waals surface area contributed by atoms with Gasteiger partial charge in [0.1, 0.15) is 0 Å². The fourth-order valence-corrected chi connectivity index (χ4v) is 5.80. The van der Waals surface area contributed by atoms with Crippen LogP contribution >= 0.6 is 11.3 Å². The smallest absolute Gasteiger partial charge is 0.236 e. The van der Waals surface area contributed by atoms with Crippen molar-refractivity contribution in [2.75, 3.05) is 33.7 Å². The molecule has 0 bridgehead atoms. The standard InChI is InChI=1S/C27H32N4OS/c1-17(2)26-21-13-19(18-9-11-31(12-10-18)15-25(32)30(3)4)5-7-22(21)29-27(26)20-6-8-23-24(14-20)33-16-28-23/h5-8,13-14,16-18,29H,9-12,15H2,1-4H3. The van der Waals surface area contributed by atoms with Gasteiger partial charge < -0.3 is 9.88 Å². The minimum absolute atomic E-state index is 0.188. The molecular formula is C27H32N4OS. The molecule has 1 N–H and O–H groups in total. The molecule has 0 radical (unpaired) electrons. The van der Waals surface area contributed by atoms with E-state index in [1.54, 1.807) is 16.2 Å². The van der Waals surface area contributed by atoms with Crippen LogP contribution in [0, 0.1) is 0 Å². The molecular weight excluding hydrogens is 428 g/mol. The molecule has 1 amide bonds. The van der Waals surface area contributed by atoms with Crippen molar-refractivity contribution in [3.8, 4) is 11.3 Å². The SMILES string of the molecule is CC(C)c1c(-c2ccc3ncsc3c2)[nH]c2ccc(C3CCN(CC(=O)N(C)C)CC3)cc12. The van der Waals surface area contributed by atoms with E-state index in [1.165, 1.54) is 38.0 Å². The minimum atomic E-state index is 0.188. The Morgan fingerprint density at radius 1 is 1.18 bits per heavy atom. The predicted octanol–water partition coefficient (Wildman–Crippen LogP) is 5.84. The van der Waals surface area contributed by atoms with Gasteiger partial charge in [-0.05, 0) is 78.7 Å². The number of likely N-dealkylation sites (N-methyl/N-ethyl adjacent to an activating group) is 1. The number of rotatable bonds is 5. The first kappa shape index (κ1) is 22.1. The van der Waals surface area contributed by atoms with Crippen molar-refractivity contribution in [3.63, 3.8) is 0 Å². The van der Waals surface area contributed by atoms with E-state index in [2.05, 4.69) is 65.1 Å². The van der Waals surface area contributed by atoms with Crippen molar-refractivity contribution in [3.05, 3.63) is 53.0 Å². The van der Waals surface area contributed by atoms with Crippen LogP contribution in [0.5, 0.6) is 0 Å². The topological polar surface area (TPSA) is 52.2 Å². The summed E-state index contributed by atoms with van der Waals surface area (Å²) < 4.78 is 1.22. The second-order valence-electron chi connectivity index (χ2n) is 9.75. The van der Waals surface area contributed by atoms with Crippen molar-refractivity contribution in [2.45, 2.75) is 38.5 Å². The van der Waals surface area contributed by atoms with Gasteiger partial charge in [0, 0.05) is 25.0 Å². The van der Waals surface area contributed by atoms with E-state index in [1.807, 2.05) is 19.6 Å². The first-order chi connectivity index (χ1) is 15.9. The lowest BCUT2D eigenvalue weighted by Gasteiger charge is -2.32. The fourth-order valence-electron chi connectivity index (χ4n) is 5.08. The second kappa shape index (κ2) is 8.92. The van der Waals surface area contributed by atoms with Crippen molar-refractivity contribution >= 4 is 38.4 Å². The molecule has 1 aliphatic rings. The molecule has 33 heavy (non-hydrogen) atoms. The molecule has 1 saturated heterocycles. The Labute approximate surface area is 199 Å². The predicted molar refractivity (Wildman–Crippen MR) is 138 cm³/mol. The molecule has 0 atom stereocenters. The van der Waals surface area contributed by atoms with Crippen LogP contribution in [0.1, 0.15) is 49.7 Å². The van der Waals surface area contributed by atoms with E-state index in [-0.39, 0.29) is 5.91 Å². The normalized spacial score (nSPS) is 15.7. The summed E-state index contributed by atoms with van der Waals surface area (Å²) in [5.41, 5.74) is 9.45. The molecule has 2 aromatic carbocycles. The molecule has 2 aromatic heterocycles. The maximum Gasteiger partial charge on any atom is 0.236 e. The largest absolute Gasteiger partial charge is 0.354 e. The lowest BCUT2D eigenvalue weighted by molar-refractivity contribution is -0.130. The zero-order chi connectivity index (χ0) is 23.1. The number of thiazole rings is 1. The molecule has 4 aromatic rings. The van der Waals surface area contributed by atoms with E-state index < -0.39 is 0 Å². The summed E-state index contributed by atoms with van der Waals surface area (Å²) in [6.07, 6.45) is 2.20. The van der Waals surface area contributed by atoms with Gasteiger partial charge in [-0.15, -0.1) is 11.3 Å². The highest BCUT2D eigenvalue weighted by Crippen LogP contribution is 2.39. The van der Waals surface area contributed by atoms with Gasteiger partial charge in [-0.1, -0.05) is 26.0 Å². The number of fused-ring (bicyclic) bond motifs is 2. The number of hydrogen-bond acceptors (Lipinski definition) is 4. The third kappa shape index (κ3) is 4.30. The van der Waals surface area contributed by atoms with Crippen LogP contribution in [0.4, 0.5) is 0 Å². The highest BCUT2D eigenvalue weighted by molar-refractivity contribution is 7.16. The number of piperidine rings is 1. The molecule has 0 saturated carbocycles. The van der Waals surface area contributed by atoms with Crippen LogP contribution in [0.25, 0.3) is 32.4 Å². The first-order valence-electron chi connectivity index (χ1n) is 11.8. The average molecular weight is 461 g/mol. The number of hydrogen-bond donors (Lipinski definition) is 1. The number of likely N-dealkylation sites (tertiary alicyclic amines) is 1. The van der Waals surface area contributed by atoms with E-state index in [9.17, 15) is 4.79 Å². The van der Waals surface area contributed by atoms with Crippen LogP contribution in [0.3, 0.4) is 0 Å². The molecule has 1 aliphatic heterocycles. The van der Waals surface area contributed by atoms with Crippen LogP contribution in [-0.4, -0.2) is 59.4 Å². The van der Waals surface area contributed by atoms with Gasteiger partial charge in [0.2, 0.25) is 5.91 Å². The summed E-state index contributed by atoms with van der Waals surface area (Å²) >= 11 is 1.69. The molecule has 5 nitrogen and oxygen atoms in total. The van der Waals surface area contributed by atoms with E-state index in [0.717, 1.165) is 31.4 Å². The van der Waals surface area contributed by atoms with Crippen LogP contribution in [0.15, 0.2) is 41.9 Å². The van der Waals surface area contributed by atoms with Gasteiger partial charge in [-0.25, -0.2) is 4.98 Å². The molecule has 172 valence electrons. The molecule has 0 unspecified atom stereocenters. The highest BCUT2D eigenvalue weighted by Gasteiger charge is 2.24. The minimum Gasteiger partial charge on any atom is -0.354 e. The molecule has 5 rings (SSSR count). The molecule has 0 aliphatic carbocycles. The Hall–Kier alpha value is -2.70. The Morgan fingerprint density at radius 3 is 2.70 bits per heavy atom. The molecule has 3 heterocycles. The number of nitrogens with one attached hydrogen (secondary N) is 1. The third-order valence-corrected chi connectivity index (χ3v) is 7.77. The summed E-state index contributed by atoms with van der Waals surface area (Å²) in [7, 11) is 3.66. The summed E-state index contributed by atoms with van der Waals surface area (Å²) in [4.78, 5) is 24.2. The maximum atomic E-state index is 12.1. The number of nitrogens with zero attached hydrogens (tertiary/aromatic N) is 3. The summed E-state index contributed by atoms with van der Waals surface area (Å²) in [5, 5.41) is 1.34. The second-order valence-corrected chi connectivity index (χ2v) is 10.6. The summed E-state index contributed by atoms with van der Waals surface area (Å²) in [5.74, 6) is 1.15. The number of benzene rings is 2. The highest BCUT2D eigenvalue weighted by atomic mass is 32.1. The van der Waals surface area contributed by atoms with Crippen LogP contribution < -0.4 is 0 Å². The quantitative estimate of drug-likeness (QED) is 0.407. The van der Waals surface area contributed by atoms with Gasteiger partial charge in [-0.2, -0.15) is 0 Å².